The van der Waals surface area contributed by atoms with Gasteiger partial charge in [0.15, 0.2) is 5.96 Å². The minimum absolute atomic E-state index is 0. The van der Waals surface area contributed by atoms with Crippen molar-refractivity contribution in [1.82, 2.24) is 10.6 Å². The molecule has 150 valence electrons. The topological polar surface area (TPSA) is 79.0 Å². The fraction of sp³-hybridized carbons (Fsp3) is 0.526. The fourth-order valence-corrected chi connectivity index (χ4v) is 3.63. The normalized spacial score (nSPS) is 19.3. The zero-order valence-electron chi connectivity index (χ0n) is 15.5. The number of furan rings is 1. The predicted molar refractivity (Wildman–Crippen MR) is 119 cm³/mol. The Morgan fingerprint density at radius 3 is 2.96 bits per heavy atom. The molecular formula is C19H28IN3O3S. The average Bonchev–Trinajstić information content (AvgIpc) is 3.40. The SMILES string of the molecule is CC(O)(CN=C(NCCc1ccco1)NCC1CCCO1)c1ccsc1.I. The summed E-state index contributed by atoms with van der Waals surface area (Å²) < 4.78 is 11.0. The van der Waals surface area contributed by atoms with Gasteiger partial charge >= 0.3 is 0 Å². The number of guanidine groups is 1. The number of hydrogen-bond acceptors (Lipinski definition) is 5. The second-order valence-electron chi connectivity index (χ2n) is 6.72. The van der Waals surface area contributed by atoms with Gasteiger partial charge in [0.2, 0.25) is 0 Å². The number of nitrogens with one attached hydrogen (secondary N) is 2. The molecule has 27 heavy (non-hydrogen) atoms. The lowest BCUT2D eigenvalue weighted by Gasteiger charge is -2.21. The van der Waals surface area contributed by atoms with Gasteiger partial charge in [-0.3, -0.25) is 0 Å². The zero-order chi connectivity index (χ0) is 18.2. The van der Waals surface area contributed by atoms with Gasteiger partial charge in [0.1, 0.15) is 11.4 Å². The number of rotatable bonds is 8. The third-order valence-electron chi connectivity index (χ3n) is 4.45. The van der Waals surface area contributed by atoms with E-state index >= 15 is 0 Å². The van der Waals surface area contributed by atoms with Crippen molar-refractivity contribution >= 4 is 41.3 Å². The molecule has 0 aromatic carbocycles. The highest BCUT2D eigenvalue weighted by Gasteiger charge is 2.23. The highest BCUT2D eigenvalue weighted by molar-refractivity contribution is 14.0. The number of nitrogens with zero attached hydrogens (tertiary/aromatic N) is 1. The molecule has 6 nitrogen and oxygen atoms in total. The highest BCUT2D eigenvalue weighted by atomic mass is 127. The molecular weight excluding hydrogens is 477 g/mol. The van der Waals surface area contributed by atoms with Crippen LogP contribution in [0.4, 0.5) is 0 Å². The van der Waals surface area contributed by atoms with Crippen LogP contribution in [-0.4, -0.2) is 43.4 Å². The number of halogens is 1. The van der Waals surface area contributed by atoms with E-state index in [1.807, 2.05) is 29.0 Å². The molecule has 1 saturated heterocycles. The minimum atomic E-state index is -0.987. The van der Waals surface area contributed by atoms with Crippen LogP contribution in [0.5, 0.6) is 0 Å². The molecule has 8 heteroatoms. The summed E-state index contributed by atoms with van der Waals surface area (Å²) in [6, 6.07) is 5.78. The first kappa shape index (κ1) is 22.2. The smallest absolute Gasteiger partial charge is 0.191 e. The molecule has 0 saturated carbocycles. The molecule has 3 heterocycles. The summed E-state index contributed by atoms with van der Waals surface area (Å²) in [5, 5.41) is 21.3. The summed E-state index contributed by atoms with van der Waals surface area (Å²) in [7, 11) is 0. The van der Waals surface area contributed by atoms with E-state index in [0.717, 1.165) is 37.2 Å². The molecule has 2 aromatic rings. The summed E-state index contributed by atoms with van der Waals surface area (Å²) in [5.41, 5.74) is -0.0974. The summed E-state index contributed by atoms with van der Waals surface area (Å²) in [5.74, 6) is 1.61. The molecule has 2 atom stereocenters. The van der Waals surface area contributed by atoms with E-state index in [1.165, 1.54) is 0 Å². The first-order valence-corrected chi connectivity index (χ1v) is 9.99. The van der Waals surface area contributed by atoms with Crippen LogP contribution < -0.4 is 10.6 Å². The van der Waals surface area contributed by atoms with Gasteiger partial charge in [0.25, 0.3) is 0 Å². The summed E-state index contributed by atoms with van der Waals surface area (Å²) >= 11 is 1.57. The Bertz CT molecular complexity index is 668. The standard InChI is InChI=1S/C19H27N3O3S.HI/c1-19(23,15-7-11-26-13-15)14-22-18(21-12-17-5-3-10-25-17)20-8-6-16-4-2-9-24-16;/h2,4,7,9,11,13,17,23H,3,5-6,8,10,12,14H2,1H3,(H2,20,21,22);1H. The van der Waals surface area contributed by atoms with Crippen LogP contribution in [0.2, 0.25) is 0 Å². The van der Waals surface area contributed by atoms with E-state index in [0.29, 0.717) is 19.0 Å². The Morgan fingerprint density at radius 1 is 1.41 bits per heavy atom. The predicted octanol–water partition coefficient (Wildman–Crippen LogP) is 3.12. The summed E-state index contributed by atoms with van der Waals surface area (Å²) in [6.07, 6.45) is 4.85. The van der Waals surface area contributed by atoms with Crippen molar-refractivity contribution in [2.24, 2.45) is 4.99 Å². The van der Waals surface area contributed by atoms with Crippen molar-refractivity contribution < 1.29 is 14.3 Å². The van der Waals surface area contributed by atoms with Gasteiger partial charge in [-0.05, 0) is 54.3 Å². The number of aliphatic hydroxyl groups is 1. The van der Waals surface area contributed by atoms with Crippen LogP contribution in [0.25, 0.3) is 0 Å². The van der Waals surface area contributed by atoms with Crippen molar-refractivity contribution in [3.05, 3.63) is 46.5 Å². The molecule has 0 amide bonds. The minimum Gasteiger partial charge on any atom is -0.469 e. The lowest BCUT2D eigenvalue weighted by molar-refractivity contribution is 0.0676. The zero-order valence-corrected chi connectivity index (χ0v) is 18.7. The molecule has 0 spiro atoms. The molecule has 1 fully saturated rings. The maximum Gasteiger partial charge on any atom is 0.191 e. The highest BCUT2D eigenvalue weighted by Crippen LogP contribution is 2.23. The molecule has 1 aliphatic heterocycles. The van der Waals surface area contributed by atoms with Crippen molar-refractivity contribution in [3.63, 3.8) is 0 Å². The Balaban J connectivity index is 0.00000261. The largest absolute Gasteiger partial charge is 0.469 e. The Labute approximate surface area is 181 Å². The van der Waals surface area contributed by atoms with Gasteiger partial charge in [-0.15, -0.1) is 24.0 Å². The van der Waals surface area contributed by atoms with Crippen LogP contribution in [0.15, 0.2) is 44.6 Å². The van der Waals surface area contributed by atoms with Crippen molar-refractivity contribution in [3.8, 4) is 0 Å². The summed E-state index contributed by atoms with van der Waals surface area (Å²) in [6.45, 7) is 4.32. The van der Waals surface area contributed by atoms with Crippen LogP contribution in [0.1, 0.15) is 31.1 Å². The lowest BCUT2D eigenvalue weighted by Crippen LogP contribution is -2.42. The third-order valence-corrected chi connectivity index (χ3v) is 5.14. The van der Waals surface area contributed by atoms with Crippen molar-refractivity contribution in [2.45, 2.75) is 37.9 Å². The third kappa shape index (κ3) is 7.10. The second kappa shape index (κ2) is 11.0. The van der Waals surface area contributed by atoms with Crippen LogP contribution in [0, 0.1) is 0 Å². The van der Waals surface area contributed by atoms with Crippen LogP contribution >= 0.6 is 35.3 Å². The Hall–Kier alpha value is -1.10. The maximum atomic E-state index is 10.7. The quantitative estimate of drug-likeness (QED) is 0.292. The second-order valence-corrected chi connectivity index (χ2v) is 7.50. The first-order chi connectivity index (χ1) is 12.6. The first-order valence-electron chi connectivity index (χ1n) is 9.05. The van der Waals surface area contributed by atoms with Crippen LogP contribution in [0.3, 0.4) is 0 Å². The van der Waals surface area contributed by atoms with E-state index in [4.69, 9.17) is 9.15 Å². The van der Waals surface area contributed by atoms with Crippen molar-refractivity contribution in [1.29, 1.82) is 0 Å². The number of thiophene rings is 1. The number of hydrogen-bond donors (Lipinski definition) is 3. The molecule has 3 rings (SSSR count). The van der Waals surface area contributed by atoms with E-state index in [2.05, 4.69) is 15.6 Å². The lowest BCUT2D eigenvalue weighted by atomic mass is 10.00. The van der Waals surface area contributed by atoms with Gasteiger partial charge in [0.05, 0.1) is 18.9 Å². The Morgan fingerprint density at radius 2 is 2.30 bits per heavy atom. The molecule has 2 aromatic heterocycles. The Kier molecular flexibility index (Phi) is 9.07. The molecule has 2 unspecified atom stereocenters. The molecule has 1 aliphatic rings. The van der Waals surface area contributed by atoms with E-state index < -0.39 is 5.60 Å². The average molecular weight is 505 g/mol. The maximum absolute atomic E-state index is 10.7. The molecule has 0 radical (unpaired) electrons. The van der Waals surface area contributed by atoms with Crippen LogP contribution in [-0.2, 0) is 16.8 Å². The van der Waals surface area contributed by atoms with Gasteiger partial charge in [-0.25, -0.2) is 4.99 Å². The molecule has 0 bridgehead atoms. The molecule has 3 N–H and O–H groups in total. The van der Waals surface area contributed by atoms with E-state index in [-0.39, 0.29) is 36.6 Å². The summed E-state index contributed by atoms with van der Waals surface area (Å²) in [4.78, 5) is 4.59. The number of ether oxygens (including phenoxy) is 1. The monoisotopic (exact) mass is 505 g/mol. The van der Waals surface area contributed by atoms with Gasteiger partial charge in [0, 0.05) is 26.1 Å². The fourth-order valence-electron chi connectivity index (χ4n) is 2.84. The van der Waals surface area contributed by atoms with E-state index in [9.17, 15) is 5.11 Å². The van der Waals surface area contributed by atoms with Gasteiger partial charge < -0.3 is 24.9 Å². The number of aliphatic imine (C=N–C) groups is 1. The molecule has 0 aliphatic carbocycles. The van der Waals surface area contributed by atoms with Gasteiger partial charge in [-0.2, -0.15) is 11.3 Å². The van der Waals surface area contributed by atoms with E-state index in [1.54, 1.807) is 24.5 Å². The van der Waals surface area contributed by atoms with Crippen molar-refractivity contribution in [2.75, 3.05) is 26.2 Å². The van der Waals surface area contributed by atoms with Gasteiger partial charge in [-0.1, -0.05) is 0 Å².